The van der Waals surface area contributed by atoms with Crippen LogP contribution in [0.5, 0.6) is 0 Å². The van der Waals surface area contributed by atoms with Gasteiger partial charge in [0.25, 0.3) is 5.91 Å². The Morgan fingerprint density at radius 2 is 1.78 bits per heavy atom. The van der Waals surface area contributed by atoms with Crippen LogP contribution in [0.25, 0.3) is 0 Å². The monoisotopic (exact) mass is 391 g/mol. The molecule has 0 saturated carbocycles. The maximum absolute atomic E-state index is 12.9. The molecule has 8 heteroatoms. The molecule has 27 heavy (non-hydrogen) atoms. The van der Waals surface area contributed by atoms with E-state index >= 15 is 0 Å². The molecular formula is C19H22FN3O3S. The standard InChI is InChI=1S/C19H22FN3O3S/c1-11-16(12(2)22-19(21-11)27-4)9-10-17(24)26-13(3)18(25)23-15-7-5-14(20)6-8-15/h5-8,13H,9-10H2,1-4H3,(H,23,25)/t13-/m1/s1. The third-order valence-corrected chi connectivity index (χ3v) is 4.50. The largest absolute Gasteiger partial charge is 0.453 e. The molecule has 144 valence electrons. The summed E-state index contributed by atoms with van der Waals surface area (Å²) in [6, 6.07) is 5.35. The first-order valence-corrected chi connectivity index (χ1v) is 9.66. The summed E-state index contributed by atoms with van der Waals surface area (Å²) in [5, 5.41) is 3.27. The number of nitrogens with one attached hydrogen (secondary N) is 1. The fourth-order valence-corrected chi connectivity index (χ4v) is 2.93. The second kappa shape index (κ2) is 9.45. The van der Waals surface area contributed by atoms with Crippen LogP contribution >= 0.6 is 11.8 Å². The SMILES string of the molecule is CSc1nc(C)c(CCC(=O)O[C@H](C)C(=O)Nc2ccc(F)cc2)c(C)n1. The van der Waals surface area contributed by atoms with Crippen molar-refractivity contribution in [2.24, 2.45) is 0 Å². The van der Waals surface area contributed by atoms with E-state index in [2.05, 4.69) is 15.3 Å². The lowest BCUT2D eigenvalue weighted by Gasteiger charge is -2.14. The predicted octanol–water partition coefficient (Wildman–Crippen LogP) is 3.46. The van der Waals surface area contributed by atoms with Crippen LogP contribution < -0.4 is 5.32 Å². The van der Waals surface area contributed by atoms with E-state index in [9.17, 15) is 14.0 Å². The third kappa shape index (κ3) is 6.02. The lowest BCUT2D eigenvalue weighted by Crippen LogP contribution is -2.30. The second-order valence-electron chi connectivity index (χ2n) is 5.99. The number of carbonyl (C=O) groups excluding carboxylic acids is 2. The zero-order valence-corrected chi connectivity index (χ0v) is 16.5. The number of anilines is 1. The van der Waals surface area contributed by atoms with Gasteiger partial charge in [-0.1, -0.05) is 11.8 Å². The first-order chi connectivity index (χ1) is 12.8. The van der Waals surface area contributed by atoms with Crippen molar-refractivity contribution in [3.8, 4) is 0 Å². The van der Waals surface area contributed by atoms with Crippen molar-refractivity contribution in [2.75, 3.05) is 11.6 Å². The molecular weight excluding hydrogens is 369 g/mol. The summed E-state index contributed by atoms with van der Waals surface area (Å²) in [6.07, 6.45) is 1.51. The van der Waals surface area contributed by atoms with Gasteiger partial charge in [0, 0.05) is 23.5 Å². The third-order valence-electron chi connectivity index (χ3n) is 3.95. The Morgan fingerprint density at radius 3 is 2.33 bits per heavy atom. The van der Waals surface area contributed by atoms with Crippen LogP contribution in [-0.4, -0.2) is 34.2 Å². The number of rotatable bonds is 7. The molecule has 1 aromatic carbocycles. The zero-order chi connectivity index (χ0) is 20.0. The molecule has 0 fully saturated rings. The Morgan fingerprint density at radius 1 is 1.19 bits per heavy atom. The first-order valence-electron chi connectivity index (χ1n) is 8.44. The highest BCUT2D eigenvalue weighted by atomic mass is 32.2. The summed E-state index contributed by atoms with van der Waals surface area (Å²) in [4.78, 5) is 32.9. The van der Waals surface area contributed by atoms with Crippen molar-refractivity contribution in [3.05, 3.63) is 47.0 Å². The fraction of sp³-hybridized carbons (Fsp3) is 0.368. The number of halogens is 1. The summed E-state index contributed by atoms with van der Waals surface area (Å²) in [5.74, 6) is -1.35. The van der Waals surface area contributed by atoms with E-state index in [0.29, 0.717) is 17.3 Å². The van der Waals surface area contributed by atoms with Crippen molar-refractivity contribution < 1.29 is 18.7 Å². The number of benzene rings is 1. The fourth-order valence-electron chi connectivity index (χ4n) is 2.48. The van der Waals surface area contributed by atoms with E-state index in [0.717, 1.165) is 17.0 Å². The van der Waals surface area contributed by atoms with Gasteiger partial charge >= 0.3 is 5.97 Å². The van der Waals surface area contributed by atoms with Crippen molar-refractivity contribution >= 4 is 29.3 Å². The molecule has 0 aliphatic carbocycles. The summed E-state index contributed by atoms with van der Waals surface area (Å²) >= 11 is 1.46. The van der Waals surface area contributed by atoms with E-state index in [-0.39, 0.29) is 6.42 Å². The number of amides is 1. The number of ether oxygens (including phenoxy) is 1. The van der Waals surface area contributed by atoms with Crippen molar-refractivity contribution in [1.82, 2.24) is 9.97 Å². The van der Waals surface area contributed by atoms with E-state index in [1.807, 2.05) is 20.1 Å². The Hall–Kier alpha value is -2.48. The van der Waals surface area contributed by atoms with Gasteiger partial charge in [0.15, 0.2) is 11.3 Å². The molecule has 0 aliphatic heterocycles. The van der Waals surface area contributed by atoms with Gasteiger partial charge in [-0.25, -0.2) is 14.4 Å². The molecule has 1 amide bonds. The van der Waals surface area contributed by atoms with Crippen LogP contribution in [0.4, 0.5) is 10.1 Å². The van der Waals surface area contributed by atoms with Crippen LogP contribution in [0.2, 0.25) is 0 Å². The number of aryl methyl sites for hydroxylation is 2. The average molecular weight is 391 g/mol. The van der Waals surface area contributed by atoms with Gasteiger partial charge in [0.1, 0.15) is 5.82 Å². The van der Waals surface area contributed by atoms with Crippen LogP contribution in [0.15, 0.2) is 29.4 Å². The van der Waals surface area contributed by atoms with Gasteiger partial charge in [-0.3, -0.25) is 9.59 Å². The quantitative estimate of drug-likeness (QED) is 0.442. The average Bonchev–Trinajstić information content (AvgIpc) is 2.62. The minimum atomic E-state index is -0.958. The number of esters is 1. The highest BCUT2D eigenvalue weighted by Gasteiger charge is 2.19. The molecule has 1 N–H and O–H groups in total. The van der Waals surface area contributed by atoms with Crippen LogP contribution in [0.1, 0.15) is 30.3 Å². The minimum Gasteiger partial charge on any atom is -0.453 e. The highest BCUT2D eigenvalue weighted by Crippen LogP contribution is 2.17. The van der Waals surface area contributed by atoms with E-state index in [4.69, 9.17) is 4.74 Å². The first kappa shape index (κ1) is 20.8. The maximum Gasteiger partial charge on any atom is 0.306 e. The molecule has 1 aromatic heterocycles. The summed E-state index contributed by atoms with van der Waals surface area (Å²) in [7, 11) is 0. The van der Waals surface area contributed by atoms with Crippen molar-refractivity contribution in [2.45, 2.75) is 44.9 Å². The molecule has 0 radical (unpaired) electrons. The van der Waals surface area contributed by atoms with E-state index in [1.165, 1.54) is 43.0 Å². The molecule has 0 bridgehead atoms. The van der Waals surface area contributed by atoms with Crippen LogP contribution in [0, 0.1) is 19.7 Å². The smallest absolute Gasteiger partial charge is 0.306 e. The van der Waals surface area contributed by atoms with Crippen LogP contribution in [0.3, 0.4) is 0 Å². The van der Waals surface area contributed by atoms with Gasteiger partial charge < -0.3 is 10.1 Å². The van der Waals surface area contributed by atoms with Crippen LogP contribution in [-0.2, 0) is 20.7 Å². The molecule has 1 heterocycles. The van der Waals surface area contributed by atoms with Gasteiger partial charge in [-0.15, -0.1) is 0 Å². The van der Waals surface area contributed by atoms with Crippen molar-refractivity contribution in [3.63, 3.8) is 0 Å². The van der Waals surface area contributed by atoms with E-state index in [1.54, 1.807) is 0 Å². The molecule has 6 nitrogen and oxygen atoms in total. The lowest BCUT2D eigenvalue weighted by molar-refractivity contribution is -0.153. The molecule has 0 saturated heterocycles. The molecule has 0 spiro atoms. The number of thioether (sulfide) groups is 1. The number of hydrogen-bond donors (Lipinski definition) is 1. The maximum atomic E-state index is 12.9. The number of carbonyl (C=O) groups is 2. The Balaban J connectivity index is 1.88. The molecule has 0 unspecified atom stereocenters. The Bertz CT molecular complexity index is 804. The summed E-state index contributed by atoms with van der Waals surface area (Å²) in [5.41, 5.74) is 3.01. The summed E-state index contributed by atoms with van der Waals surface area (Å²) < 4.78 is 18.1. The Labute approximate surface area is 161 Å². The van der Waals surface area contributed by atoms with Gasteiger partial charge in [-0.2, -0.15) is 0 Å². The summed E-state index contributed by atoms with van der Waals surface area (Å²) in [6.45, 7) is 5.26. The molecule has 1 atom stereocenters. The second-order valence-corrected chi connectivity index (χ2v) is 6.76. The van der Waals surface area contributed by atoms with Gasteiger partial charge in [0.05, 0.1) is 0 Å². The highest BCUT2D eigenvalue weighted by molar-refractivity contribution is 7.98. The topological polar surface area (TPSA) is 81.2 Å². The number of nitrogens with zero attached hydrogens (tertiary/aromatic N) is 2. The molecule has 0 aliphatic rings. The molecule has 2 rings (SSSR count). The van der Waals surface area contributed by atoms with Crippen molar-refractivity contribution in [1.29, 1.82) is 0 Å². The normalized spacial score (nSPS) is 11.7. The number of aromatic nitrogens is 2. The van der Waals surface area contributed by atoms with Gasteiger partial charge in [0.2, 0.25) is 0 Å². The lowest BCUT2D eigenvalue weighted by atomic mass is 10.1. The predicted molar refractivity (Wildman–Crippen MR) is 102 cm³/mol. The molecule has 2 aromatic rings. The Kier molecular flexibility index (Phi) is 7.29. The van der Waals surface area contributed by atoms with E-state index < -0.39 is 23.8 Å². The van der Waals surface area contributed by atoms with Gasteiger partial charge in [-0.05, 0) is 63.3 Å². The zero-order valence-electron chi connectivity index (χ0n) is 15.7. The number of hydrogen-bond acceptors (Lipinski definition) is 6. The minimum absolute atomic E-state index is 0.123.